The van der Waals surface area contributed by atoms with Gasteiger partial charge in [-0.15, -0.1) is 0 Å². The maximum absolute atomic E-state index is 12.6. The van der Waals surface area contributed by atoms with Crippen LogP contribution in [-0.4, -0.2) is 30.6 Å². The number of ether oxygens (including phenoxy) is 1. The lowest BCUT2D eigenvalue weighted by Crippen LogP contribution is -2.55. The Morgan fingerprint density at radius 2 is 1.89 bits per heavy atom. The second kappa shape index (κ2) is 10.3. The molecule has 5 nitrogen and oxygen atoms in total. The third-order valence-electron chi connectivity index (χ3n) is 5.42. The van der Waals surface area contributed by atoms with Crippen LogP contribution in [0.5, 0.6) is 0 Å². The van der Waals surface area contributed by atoms with E-state index in [0.717, 1.165) is 18.4 Å². The Morgan fingerprint density at radius 3 is 2.48 bits per heavy atom. The summed E-state index contributed by atoms with van der Waals surface area (Å²) in [6, 6.07) is 9.52. The number of hydrogen-bond acceptors (Lipinski definition) is 4. The molecule has 0 aromatic heterocycles. The number of rotatable bonds is 8. The molecule has 27 heavy (non-hydrogen) atoms. The largest absolute Gasteiger partial charge is 0.462 e. The molecule has 3 N–H and O–H groups in total. The summed E-state index contributed by atoms with van der Waals surface area (Å²) in [6.45, 7) is 6.11. The van der Waals surface area contributed by atoms with Gasteiger partial charge in [-0.25, -0.2) is 4.79 Å². The van der Waals surface area contributed by atoms with Crippen molar-refractivity contribution in [1.82, 2.24) is 5.32 Å². The van der Waals surface area contributed by atoms with Crippen molar-refractivity contribution in [3.8, 4) is 0 Å². The number of benzene rings is 1. The van der Waals surface area contributed by atoms with Crippen LogP contribution in [0.2, 0.25) is 0 Å². The zero-order valence-electron chi connectivity index (χ0n) is 16.6. The highest BCUT2D eigenvalue weighted by Gasteiger charge is 2.37. The van der Waals surface area contributed by atoms with Crippen molar-refractivity contribution in [1.29, 1.82) is 0 Å². The quantitative estimate of drug-likeness (QED) is 0.688. The van der Waals surface area contributed by atoms with Crippen LogP contribution < -0.4 is 11.1 Å². The van der Waals surface area contributed by atoms with Crippen molar-refractivity contribution in [2.45, 2.75) is 58.5 Å². The fourth-order valence-corrected chi connectivity index (χ4v) is 3.92. The average molecular weight is 373 g/mol. The molecule has 0 saturated carbocycles. The van der Waals surface area contributed by atoms with Gasteiger partial charge in [0.05, 0.1) is 12.6 Å². The predicted octanol–water partition coefficient (Wildman–Crippen LogP) is 2.99. The molecule has 0 heterocycles. The zero-order chi connectivity index (χ0) is 19.8. The number of amides is 1. The van der Waals surface area contributed by atoms with Crippen LogP contribution in [0.1, 0.15) is 45.6 Å². The van der Waals surface area contributed by atoms with E-state index < -0.39 is 0 Å². The van der Waals surface area contributed by atoms with E-state index in [-0.39, 0.29) is 29.9 Å². The number of carbonyl (C=O) groups excluding carboxylic acids is 2. The summed E-state index contributed by atoms with van der Waals surface area (Å²) >= 11 is 0. The molecule has 1 aromatic rings. The van der Waals surface area contributed by atoms with Gasteiger partial charge in [0.1, 0.15) is 0 Å². The third kappa shape index (κ3) is 5.93. The maximum atomic E-state index is 12.6. The van der Waals surface area contributed by atoms with Crippen LogP contribution in [0.15, 0.2) is 42.0 Å². The molecule has 1 aliphatic carbocycles. The van der Waals surface area contributed by atoms with E-state index in [0.29, 0.717) is 30.9 Å². The first-order valence-electron chi connectivity index (χ1n) is 9.90. The summed E-state index contributed by atoms with van der Waals surface area (Å²) in [5, 5.41) is 2.99. The normalized spacial score (nSPS) is 22.3. The number of nitrogens with one attached hydrogen (secondary N) is 1. The number of carbonyl (C=O) groups is 2. The molecule has 3 atom stereocenters. The van der Waals surface area contributed by atoms with Gasteiger partial charge in [-0.2, -0.15) is 0 Å². The fraction of sp³-hybridized carbons (Fsp3) is 0.545. The molecule has 0 aliphatic heterocycles. The Hall–Kier alpha value is -2.14. The molecule has 0 radical (unpaired) electrons. The molecule has 2 rings (SSSR count). The van der Waals surface area contributed by atoms with Gasteiger partial charge in [0.15, 0.2) is 0 Å². The first kappa shape index (κ1) is 21.2. The molecular weight excluding hydrogens is 340 g/mol. The topological polar surface area (TPSA) is 81.4 Å². The van der Waals surface area contributed by atoms with E-state index in [1.807, 2.05) is 36.4 Å². The van der Waals surface area contributed by atoms with Gasteiger partial charge in [-0.1, -0.05) is 63.1 Å². The highest BCUT2D eigenvalue weighted by molar-refractivity contribution is 5.89. The molecule has 1 aliphatic rings. The fourth-order valence-electron chi connectivity index (χ4n) is 3.92. The van der Waals surface area contributed by atoms with Gasteiger partial charge in [0, 0.05) is 30.9 Å². The summed E-state index contributed by atoms with van der Waals surface area (Å²) in [5.74, 6) is 0.0250. The standard InChI is InChI=1S/C22H32N2O3/c1-4-17(5-2)19-13-18(14-20(23)21(19)24-15(3)25)22(26)27-12-11-16-9-7-6-8-10-16/h6-10,13,17,19-21H,4-5,11-12,14,23H2,1-3H3,(H,24,25)/t19-,20-,21-/m0/s1. The minimum atomic E-state index is -0.293. The molecule has 0 spiro atoms. The molecule has 0 unspecified atom stereocenters. The Kier molecular flexibility index (Phi) is 8.04. The van der Waals surface area contributed by atoms with Crippen LogP contribution >= 0.6 is 0 Å². The van der Waals surface area contributed by atoms with E-state index in [2.05, 4.69) is 19.2 Å². The summed E-state index contributed by atoms with van der Waals surface area (Å²) in [4.78, 5) is 24.2. The summed E-state index contributed by atoms with van der Waals surface area (Å²) in [6.07, 6.45) is 5.04. The molecule has 148 valence electrons. The lowest BCUT2D eigenvalue weighted by atomic mass is 9.74. The molecule has 1 aromatic carbocycles. The second-order valence-electron chi connectivity index (χ2n) is 7.31. The van der Waals surface area contributed by atoms with Gasteiger partial charge in [0.2, 0.25) is 5.91 Å². The predicted molar refractivity (Wildman–Crippen MR) is 107 cm³/mol. The Balaban J connectivity index is 2.07. The Labute approximate surface area is 162 Å². The first-order chi connectivity index (χ1) is 13.0. The smallest absolute Gasteiger partial charge is 0.333 e. The van der Waals surface area contributed by atoms with Gasteiger partial charge >= 0.3 is 5.97 Å². The van der Waals surface area contributed by atoms with E-state index in [9.17, 15) is 9.59 Å². The third-order valence-corrected chi connectivity index (χ3v) is 5.42. The number of hydrogen-bond donors (Lipinski definition) is 2. The lowest BCUT2D eigenvalue weighted by Gasteiger charge is -2.39. The van der Waals surface area contributed by atoms with Crippen molar-refractivity contribution in [2.24, 2.45) is 17.6 Å². The van der Waals surface area contributed by atoms with Crippen LogP contribution in [0.25, 0.3) is 0 Å². The molecule has 1 amide bonds. The maximum Gasteiger partial charge on any atom is 0.333 e. The highest BCUT2D eigenvalue weighted by Crippen LogP contribution is 2.32. The van der Waals surface area contributed by atoms with Crippen LogP contribution in [-0.2, 0) is 20.7 Å². The summed E-state index contributed by atoms with van der Waals surface area (Å²) in [5.41, 5.74) is 8.12. The molecule has 0 saturated heterocycles. The van der Waals surface area contributed by atoms with Crippen molar-refractivity contribution in [3.63, 3.8) is 0 Å². The van der Waals surface area contributed by atoms with Gasteiger partial charge in [-0.05, 0) is 17.9 Å². The monoisotopic (exact) mass is 372 g/mol. The van der Waals surface area contributed by atoms with Crippen molar-refractivity contribution < 1.29 is 14.3 Å². The average Bonchev–Trinajstić information content (AvgIpc) is 2.65. The second-order valence-corrected chi connectivity index (χ2v) is 7.31. The summed E-state index contributed by atoms with van der Waals surface area (Å²) in [7, 11) is 0. The van der Waals surface area contributed by atoms with Crippen molar-refractivity contribution in [2.75, 3.05) is 6.61 Å². The zero-order valence-corrected chi connectivity index (χ0v) is 16.6. The molecule has 0 bridgehead atoms. The minimum Gasteiger partial charge on any atom is -0.462 e. The number of nitrogens with two attached hydrogens (primary N) is 1. The highest BCUT2D eigenvalue weighted by atomic mass is 16.5. The van der Waals surface area contributed by atoms with Crippen LogP contribution in [0, 0.1) is 11.8 Å². The van der Waals surface area contributed by atoms with E-state index in [4.69, 9.17) is 10.5 Å². The minimum absolute atomic E-state index is 0.0457. The molecular formula is C22H32N2O3. The van der Waals surface area contributed by atoms with Crippen molar-refractivity contribution >= 4 is 11.9 Å². The van der Waals surface area contributed by atoms with E-state index in [1.54, 1.807) is 0 Å². The van der Waals surface area contributed by atoms with Gasteiger partial charge in [0.25, 0.3) is 0 Å². The molecule has 5 heteroatoms. The van der Waals surface area contributed by atoms with Crippen LogP contribution in [0.4, 0.5) is 0 Å². The SMILES string of the molecule is CCC(CC)[C@@H]1C=C(C(=O)OCCc2ccccc2)C[C@H](N)[C@H]1NC(C)=O. The summed E-state index contributed by atoms with van der Waals surface area (Å²) < 4.78 is 5.50. The lowest BCUT2D eigenvalue weighted by molar-refractivity contribution is -0.139. The van der Waals surface area contributed by atoms with Crippen molar-refractivity contribution in [3.05, 3.63) is 47.5 Å². The van der Waals surface area contributed by atoms with E-state index in [1.165, 1.54) is 6.92 Å². The van der Waals surface area contributed by atoms with Crippen LogP contribution in [0.3, 0.4) is 0 Å². The Bertz CT molecular complexity index is 653. The van der Waals surface area contributed by atoms with Gasteiger partial charge < -0.3 is 15.8 Å². The first-order valence-corrected chi connectivity index (χ1v) is 9.90. The van der Waals surface area contributed by atoms with E-state index >= 15 is 0 Å². The Morgan fingerprint density at radius 1 is 1.22 bits per heavy atom. The van der Waals surface area contributed by atoms with Gasteiger partial charge in [-0.3, -0.25) is 4.79 Å². The molecule has 0 fully saturated rings. The number of esters is 1.